The number of thiazole rings is 1. The first-order valence-corrected chi connectivity index (χ1v) is 11.5. The van der Waals surface area contributed by atoms with E-state index >= 15 is 0 Å². The van der Waals surface area contributed by atoms with Crippen molar-refractivity contribution in [3.8, 4) is 0 Å². The number of allylic oxidation sites excluding steroid dienone is 1. The van der Waals surface area contributed by atoms with Gasteiger partial charge in [0.05, 0.1) is 15.1 Å². The van der Waals surface area contributed by atoms with Crippen molar-refractivity contribution in [2.24, 2.45) is 9.54 Å². The van der Waals surface area contributed by atoms with Gasteiger partial charge in [-0.3, -0.25) is 0 Å². The number of hydrogen-bond acceptors (Lipinski definition) is 6. The van der Waals surface area contributed by atoms with Gasteiger partial charge in [0.15, 0.2) is 0 Å². The molecule has 3 aromatic rings. The minimum absolute atomic E-state index is 0.0420. The van der Waals surface area contributed by atoms with Crippen LogP contribution in [0.15, 0.2) is 61.9 Å². The number of hydrogen-bond donors (Lipinski definition) is 1. The minimum Gasteiger partial charge on any atom is -0.312 e. The molecule has 132 valence electrons. The molecule has 2 N–H and O–H groups in total. The number of aromatic nitrogens is 1. The first-order valence-electron chi connectivity index (χ1n) is 6.84. The monoisotopic (exact) mass is 415 g/mol. The highest BCUT2D eigenvalue weighted by Crippen LogP contribution is 2.23. The number of sulfonamides is 2. The van der Waals surface area contributed by atoms with Crippen molar-refractivity contribution in [3.05, 3.63) is 53.2 Å². The first-order chi connectivity index (χ1) is 11.7. The summed E-state index contributed by atoms with van der Waals surface area (Å²) in [5.41, 5.74) is 0.650. The summed E-state index contributed by atoms with van der Waals surface area (Å²) in [6.07, 6.45) is 1.61. The summed E-state index contributed by atoms with van der Waals surface area (Å²) in [5.74, 6) is 0. The van der Waals surface area contributed by atoms with Crippen molar-refractivity contribution in [2.45, 2.75) is 15.6 Å². The van der Waals surface area contributed by atoms with Crippen molar-refractivity contribution >= 4 is 52.9 Å². The highest BCUT2D eigenvalue weighted by atomic mass is 32.2. The molecule has 3 rings (SSSR count). The number of rotatable bonds is 5. The van der Waals surface area contributed by atoms with Crippen molar-refractivity contribution in [1.29, 1.82) is 0 Å². The summed E-state index contributed by atoms with van der Waals surface area (Å²) >= 11 is 2.15. The summed E-state index contributed by atoms with van der Waals surface area (Å²) < 4.78 is 54.2. The number of fused-ring (bicyclic) bond motifs is 1. The van der Waals surface area contributed by atoms with Crippen LogP contribution in [0.4, 0.5) is 0 Å². The van der Waals surface area contributed by atoms with Crippen molar-refractivity contribution in [3.63, 3.8) is 0 Å². The van der Waals surface area contributed by atoms with Crippen LogP contribution in [0, 0.1) is 0 Å². The molecular weight excluding hydrogens is 402 g/mol. The number of thiophene rings is 1. The van der Waals surface area contributed by atoms with Gasteiger partial charge in [0.25, 0.3) is 10.0 Å². The molecule has 25 heavy (non-hydrogen) atoms. The molecule has 0 saturated carbocycles. The fraction of sp³-hybridized carbons (Fsp3) is 0.0714. The second kappa shape index (κ2) is 6.50. The Hall–Kier alpha value is -1.79. The molecule has 0 atom stereocenters. The molecule has 0 unspecified atom stereocenters. The van der Waals surface area contributed by atoms with E-state index in [4.69, 9.17) is 5.14 Å². The summed E-state index contributed by atoms with van der Waals surface area (Å²) in [5, 5.41) is 6.81. The van der Waals surface area contributed by atoms with Gasteiger partial charge in [-0.15, -0.1) is 22.3 Å². The van der Waals surface area contributed by atoms with Crippen molar-refractivity contribution in [1.82, 2.24) is 4.57 Å². The summed E-state index contributed by atoms with van der Waals surface area (Å²) in [6, 6.07) is 7.47. The standard InChI is InChI=1S/C14H13N3O4S4/c1-2-7-17-11-6-5-10(24(15,18)19)9-12(11)23-14(17)16-25(20,21)13-4-3-8-22-13/h2-6,8-9H,1,7H2,(H2,15,18,19). The van der Waals surface area contributed by atoms with Crippen LogP contribution in [0.2, 0.25) is 0 Å². The first kappa shape index (κ1) is 18.0. The van der Waals surface area contributed by atoms with Crippen LogP contribution < -0.4 is 9.94 Å². The lowest BCUT2D eigenvalue weighted by molar-refractivity contribution is 0.596. The second-order valence-corrected chi connectivity index (χ2v) is 10.3. The van der Waals surface area contributed by atoms with E-state index in [-0.39, 0.29) is 13.9 Å². The number of nitrogens with two attached hydrogens (primary N) is 1. The topological polar surface area (TPSA) is 112 Å². The Morgan fingerprint density at radius 3 is 2.60 bits per heavy atom. The van der Waals surface area contributed by atoms with Gasteiger partial charge in [0.1, 0.15) is 4.21 Å². The van der Waals surface area contributed by atoms with Crippen LogP contribution in [0.3, 0.4) is 0 Å². The molecule has 0 spiro atoms. The lowest BCUT2D eigenvalue weighted by Crippen LogP contribution is -2.16. The Bertz CT molecular complexity index is 1220. The lowest BCUT2D eigenvalue weighted by atomic mass is 10.3. The molecule has 11 heteroatoms. The molecule has 0 bridgehead atoms. The van der Waals surface area contributed by atoms with Gasteiger partial charge >= 0.3 is 0 Å². The Morgan fingerprint density at radius 1 is 1.24 bits per heavy atom. The summed E-state index contributed by atoms with van der Waals surface area (Å²) in [7, 11) is -7.69. The third-order valence-electron chi connectivity index (χ3n) is 3.24. The van der Waals surface area contributed by atoms with Crippen molar-refractivity contribution in [2.75, 3.05) is 0 Å². The van der Waals surface area contributed by atoms with E-state index in [9.17, 15) is 16.8 Å². The molecular formula is C14H13N3O4S4. The predicted octanol–water partition coefficient (Wildman–Crippen LogP) is 1.89. The van der Waals surface area contributed by atoms with E-state index in [2.05, 4.69) is 11.0 Å². The van der Waals surface area contributed by atoms with E-state index in [1.54, 1.807) is 28.2 Å². The molecule has 2 aromatic heterocycles. The maximum absolute atomic E-state index is 12.4. The second-order valence-electron chi connectivity index (χ2n) is 4.96. The lowest BCUT2D eigenvalue weighted by Gasteiger charge is -2.02. The summed E-state index contributed by atoms with van der Waals surface area (Å²) in [4.78, 5) is 0.189. The van der Waals surface area contributed by atoms with Gasteiger partial charge in [-0.25, -0.2) is 13.6 Å². The van der Waals surface area contributed by atoms with E-state index in [1.807, 2.05) is 0 Å². The van der Waals surface area contributed by atoms with E-state index in [0.717, 1.165) is 22.7 Å². The van der Waals surface area contributed by atoms with Crippen LogP contribution in [-0.2, 0) is 26.6 Å². The Labute approximate surface area is 152 Å². The third-order valence-corrected chi connectivity index (χ3v) is 7.95. The van der Waals surface area contributed by atoms with Crippen LogP contribution in [0.5, 0.6) is 0 Å². The largest absolute Gasteiger partial charge is 0.312 e. The molecule has 0 aliphatic rings. The van der Waals surface area contributed by atoms with Crippen LogP contribution in [0.25, 0.3) is 10.2 Å². The van der Waals surface area contributed by atoms with Gasteiger partial charge in [0.2, 0.25) is 14.8 Å². The van der Waals surface area contributed by atoms with Gasteiger partial charge < -0.3 is 4.57 Å². The molecule has 7 nitrogen and oxygen atoms in total. The zero-order valence-corrected chi connectivity index (χ0v) is 16.0. The SMILES string of the molecule is C=CCn1c(=NS(=O)(=O)c2cccs2)sc2cc(S(N)(=O)=O)ccc21. The van der Waals surface area contributed by atoms with Gasteiger partial charge in [-0.2, -0.15) is 8.42 Å². The maximum Gasteiger partial charge on any atom is 0.294 e. The van der Waals surface area contributed by atoms with Crippen LogP contribution in [-0.4, -0.2) is 21.4 Å². The molecule has 0 saturated heterocycles. The number of nitrogens with zero attached hydrogens (tertiary/aromatic N) is 2. The fourth-order valence-electron chi connectivity index (χ4n) is 2.16. The quantitative estimate of drug-likeness (QED) is 0.641. The van der Waals surface area contributed by atoms with Gasteiger partial charge in [-0.05, 0) is 29.6 Å². The van der Waals surface area contributed by atoms with E-state index in [1.165, 1.54) is 18.2 Å². The molecule has 0 aliphatic heterocycles. The van der Waals surface area contributed by atoms with Gasteiger partial charge in [0, 0.05) is 6.54 Å². The zero-order chi connectivity index (χ0) is 18.2. The average molecular weight is 416 g/mol. The number of primary sulfonamides is 1. The minimum atomic E-state index is -3.85. The van der Waals surface area contributed by atoms with E-state index in [0.29, 0.717) is 16.8 Å². The molecule has 0 fully saturated rings. The normalized spacial score (nSPS) is 13.4. The molecule has 0 radical (unpaired) electrons. The molecule has 1 aromatic carbocycles. The van der Waals surface area contributed by atoms with Crippen LogP contribution >= 0.6 is 22.7 Å². The predicted molar refractivity (Wildman–Crippen MR) is 98.5 cm³/mol. The van der Waals surface area contributed by atoms with Gasteiger partial charge in [-0.1, -0.05) is 23.5 Å². The fourth-order valence-corrected chi connectivity index (χ4v) is 6.03. The smallest absolute Gasteiger partial charge is 0.294 e. The molecule has 2 heterocycles. The Morgan fingerprint density at radius 2 is 2.00 bits per heavy atom. The molecule has 0 aliphatic carbocycles. The Kier molecular flexibility index (Phi) is 4.68. The van der Waals surface area contributed by atoms with E-state index < -0.39 is 20.0 Å². The maximum atomic E-state index is 12.4. The Balaban J connectivity index is 2.29. The highest BCUT2D eigenvalue weighted by Gasteiger charge is 2.16. The number of benzene rings is 1. The average Bonchev–Trinajstić information content (AvgIpc) is 3.15. The zero-order valence-electron chi connectivity index (χ0n) is 12.7. The summed E-state index contributed by atoms with van der Waals surface area (Å²) in [6.45, 7) is 3.99. The highest BCUT2D eigenvalue weighted by molar-refractivity contribution is 7.92. The third kappa shape index (κ3) is 3.60. The van der Waals surface area contributed by atoms with Crippen LogP contribution in [0.1, 0.15) is 0 Å². The van der Waals surface area contributed by atoms with Crippen molar-refractivity contribution < 1.29 is 16.8 Å². The molecule has 0 amide bonds.